The van der Waals surface area contributed by atoms with E-state index in [4.69, 9.17) is 0 Å². The lowest BCUT2D eigenvalue weighted by atomic mass is 10.3. The van der Waals surface area contributed by atoms with Crippen molar-refractivity contribution in [3.8, 4) is 0 Å². The molecule has 2 aliphatic rings. The molecule has 90 valence electrons. The van der Waals surface area contributed by atoms with Crippen molar-refractivity contribution >= 4 is 53.1 Å². The van der Waals surface area contributed by atoms with E-state index in [0.29, 0.717) is 0 Å². The molecule has 0 amide bonds. The van der Waals surface area contributed by atoms with Crippen LogP contribution in [0.3, 0.4) is 0 Å². The van der Waals surface area contributed by atoms with Crippen molar-refractivity contribution in [1.82, 2.24) is 4.98 Å². The van der Waals surface area contributed by atoms with E-state index in [-0.39, 0.29) is 0 Å². The van der Waals surface area contributed by atoms with E-state index in [0.717, 1.165) is 5.69 Å². The van der Waals surface area contributed by atoms with Gasteiger partial charge >= 0.3 is 0 Å². The summed E-state index contributed by atoms with van der Waals surface area (Å²) in [5, 5.41) is 6.47. The van der Waals surface area contributed by atoms with Crippen LogP contribution in [0.15, 0.2) is 60.1 Å². The van der Waals surface area contributed by atoms with Gasteiger partial charge in [-0.05, 0) is 40.5 Å². The maximum absolute atomic E-state index is 4.28. The Morgan fingerprint density at radius 1 is 0.944 bits per heavy atom. The Morgan fingerprint density at radius 3 is 2.61 bits per heavy atom. The largest absolute Gasteiger partial charge is 0.257 e. The van der Waals surface area contributed by atoms with Gasteiger partial charge in [0, 0.05) is 11.1 Å². The van der Waals surface area contributed by atoms with E-state index in [2.05, 4.69) is 33.4 Å². The maximum atomic E-state index is 4.28. The van der Waals surface area contributed by atoms with Gasteiger partial charge in [0.05, 0.1) is 14.2 Å². The zero-order chi connectivity index (χ0) is 12.2. The van der Waals surface area contributed by atoms with E-state index >= 15 is 0 Å². The standard InChI is InChI=1S/C13H9NS4/c1-2-6-14-10(3-1)4-5-11-9-17-13(18-11)12-15-7-8-16-12/h1-9H/b5-4+. The number of hydrogen-bond acceptors (Lipinski definition) is 5. The minimum absolute atomic E-state index is 0.997. The molecule has 1 aromatic heterocycles. The van der Waals surface area contributed by atoms with Crippen LogP contribution in [0.25, 0.3) is 6.08 Å². The minimum atomic E-state index is 0.997. The summed E-state index contributed by atoms with van der Waals surface area (Å²) in [5.41, 5.74) is 0.997. The first-order valence-corrected chi connectivity index (χ1v) is 8.74. The average molecular weight is 307 g/mol. The van der Waals surface area contributed by atoms with Crippen molar-refractivity contribution in [3.05, 3.63) is 65.8 Å². The highest BCUT2D eigenvalue weighted by atomic mass is 32.2. The van der Waals surface area contributed by atoms with Crippen LogP contribution in [0.2, 0.25) is 0 Å². The summed E-state index contributed by atoms with van der Waals surface area (Å²) in [5.74, 6) is 0. The van der Waals surface area contributed by atoms with Gasteiger partial charge in [0.1, 0.15) is 0 Å². The molecule has 3 rings (SSSR count). The number of thioether (sulfide) groups is 4. The molecular formula is C13H9NS4. The molecule has 18 heavy (non-hydrogen) atoms. The second-order valence-corrected chi connectivity index (χ2v) is 7.72. The summed E-state index contributed by atoms with van der Waals surface area (Å²) in [4.78, 5) is 5.55. The van der Waals surface area contributed by atoms with Crippen LogP contribution in [0.4, 0.5) is 0 Å². The molecule has 2 aliphatic heterocycles. The SMILES string of the molecule is C1=CSC(=C2SC=C(/C=C/c3ccccn3)S2)S1. The van der Waals surface area contributed by atoms with Gasteiger partial charge in [-0.15, -0.1) is 0 Å². The van der Waals surface area contributed by atoms with Crippen molar-refractivity contribution in [2.24, 2.45) is 0 Å². The highest BCUT2D eigenvalue weighted by Crippen LogP contribution is 2.53. The highest BCUT2D eigenvalue weighted by Gasteiger charge is 2.17. The molecule has 3 heterocycles. The molecule has 0 saturated carbocycles. The molecule has 1 nitrogen and oxygen atoms in total. The van der Waals surface area contributed by atoms with E-state index < -0.39 is 0 Å². The van der Waals surface area contributed by atoms with Gasteiger partial charge in [-0.1, -0.05) is 53.1 Å². The average Bonchev–Trinajstić information content (AvgIpc) is 3.08. The lowest BCUT2D eigenvalue weighted by Crippen LogP contribution is -1.76. The molecular weight excluding hydrogens is 298 g/mol. The Morgan fingerprint density at radius 2 is 1.83 bits per heavy atom. The molecule has 0 unspecified atom stereocenters. The van der Waals surface area contributed by atoms with Crippen molar-refractivity contribution in [2.75, 3.05) is 0 Å². The molecule has 0 aromatic carbocycles. The zero-order valence-corrected chi connectivity index (χ0v) is 12.5. The normalized spacial score (nSPS) is 19.0. The number of nitrogens with zero attached hydrogens (tertiary/aromatic N) is 1. The fourth-order valence-electron chi connectivity index (χ4n) is 1.38. The Labute approximate surface area is 123 Å². The predicted molar refractivity (Wildman–Crippen MR) is 87.9 cm³/mol. The van der Waals surface area contributed by atoms with Crippen molar-refractivity contribution in [3.63, 3.8) is 0 Å². The molecule has 0 fully saturated rings. The van der Waals surface area contributed by atoms with Crippen molar-refractivity contribution in [1.29, 1.82) is 0 Å². The summed E-state index contributed by atoms with van der Waals surface area (Å²) >= 11 is 7.26. The Hall–Kier alpha value is -0.490. The number of hydrogen-bond donors (Lipinski definition) is 0. The molecule has 0 saturated heterocycles. The molecule has 0 atom stereocenters. The fourth-order valence-corrected chi connectivity index (χ4v) is 5.72. The third-order valence-corrected chi connectivity index (χ3v) is 7.18. The Kier molecular flexibility index (Phi) is 4.25. The smallest absolute Gasteiger partial charge is 0.0700 e. The summed E-state index contributed by atoms with van der Waals surface area (Å²) < 4.78 is 2.78. The monoisotopic (exact) mass is 307 g/mol. The predicted octanol–water partition coefficient (Wildman–Crippen LogP) is 5.49. The lowest BCUT2D eigenvalue weighted by Gasteiger charge is -1.99. The van der Waals surface area contributed by atoms with Crippen LogP contribution >= 0.6 is 47.0 Å². The Bertz CT molecular complexity index is 548. The zero-order valence-electron chi connectivity index (χ0n) is 9.28. The second-order valence-electron chi connectivity index (χ2n) is 3.41. The van der Waals surface area contributed by atoms with Crippen LogP contribution in [-0.4, -0.2) is 4.98 Å². The summed E-state index contributed by atoms with van der Waals surface area (Å²) in [6, 6.07) is 5.94. The van der Waals surface area contributed by atoms with Gasteiger partial charge in [0.25, 0.3) is 0 Å². The third kappa shape index (κ3) is 3.09. The van der Waals surface area contributed by atoms with E-state index in [9.17, 15) is 0 Å². The first kappa shape index (κ1) is 12.5. The third-order valence-electron chi connectivity index (χ3n) is 2.17. The summed E-state index contributed by atoms with van der Waals surface area (Å²) in [7, 11) is 0. The van der Waals surface area contributed by atoms with Crippen LogP contribution in [0.1, 0.15) is 5.69 Å². The van der Waals surface area contributed by atoms with Gasteiger partial charge in [0.15, 0.2) is 0 Å². The summed E-state index contributed by atoms with van der Waals surface area (Å²) in [6.07, 6.45) is 6.00. The van der Waals surface area contributed by atoms with Crippen LogP contribution in [0, 0.1) is 0 Å². The number of rotatable bonds is 2. The molecule has 0 N–H and O–H groups in total. The highest BCUT2D eigenvalue weighted by molar-refractivity contribution is 8.33. The lowest BCUT2D eigenvalue weighted by molar-refractivity contribution is 1.30. The number of aromatic nitrogens is 1. The van der Waals surface area contributed by atoms with Gasteiger partial charge in [-0.3, -0.25) is 4.98 Å². The first-order chi connectivity index (χ1) is 8.92. The minimum Gasteiger partial charge on any atom is -0.257 e. The molecule has 1 aromatic rings. The van der Waals surface area contributed by atoms with Crippen molar-refractivity contribution < 1.29 is 0 Å². The van der Waals surface area contributed by atoms with E-state index in [1.54, 1.807) is 23.5 Å². The quantitative estimate of drug-likeness (QED) is 0.714. The Balaban J connectivity index is 1.66. The van der Waals surface area contributed by atoms with Crippen LogP contribution in [-0.2, 0) is 0 Å². The fraction of sp³-hybridized carbons (Fsp3) is 0. The van der Waals surface area contributed by atoms with Gasteiger partial charge in [-0.2, -0.15) is 0 Å². The molecule has 0 bridgehead atoms. The van der Waals surface area contributed by atoms with Gasteiger partial charge in [0.2, 0.25) is 0 Å². The molecule has 0 aliphatic carbocycles. The molecule has 0 spiro atoms. The van der Waals surface area contributed by atoms with Gasteiger partial charge < -0.3 is 0 Å². The van der Waals surface area contributed by atoms with Crippen molar-refractivity contribution in [2.45, 2.75) is 0 Å². The topological polar surface area (TPSA) is 12.9 Å². The van der Waals surface area contributed by atoms with Crippen LogP contribution < -0.4 is 0 Å². The molecule has 5 heteroatoms. The number of pyridine rings is 1. The summed E-state index contributed by atoms with van der Waals surface area (Å²) in [6.45, 7) is 0. The van der Waals surface area contributed by atoms with Crippen LogP contribution in [0.5, 0.6) is 0 Å². The second kappa shape index (κ2) is 6.10. The first-order valence-electron chi connectivity index (χ1n) is 5.28. The number of allylic oxidation sites excluding steroid dienone is 1. The van der Waals surface area contributed by atoms with Gasteiger partial charge in [-0.25, -0.2) is 0 Å². The molecule has 0 radical (unpaired) electrons. The van der Waals surface area contributed by atoms with E-state index in [1.165, 1.54) is 13.4 Å². The van der Waals surface area contributed by atoms with E-state index in [1.807, 2.05) is 47.9 Å². The maximum Gasteiger partial charge on any atom is 0.0700 e.